The lowest BCUT2D eigenvalue weighted by molar-refractivity contribution is -0.118. The van der Waals surface area contributed by atoms with Crippen molar-refractivity contribution in [2.75, 3.05) is 0 Å². The predicted molar refractivity (Wildman–Crippen MR) is 79.2 cm³/mol. The summed E-state index contributed by atoms with van der Waals surface area (Å²) in [5.74, 6) is 0.215. The highest BCUT2D eigenvalue weighted by molar-refractivity contribution is 5.80. The van der Waals surface area contributed by atoms with E-state index >= 15 is 0 Å². The molecule has 2 aromatic rings. The Morgan fingerprint density at radius 2 is 2.10 bits per heavy atom. The number of aromatic nitrogens is 2. The third-order valence-electron chi connectivity index (χ3n) is 3.37. The van der Waals surface area contributed by atoms with Gasteiger partial charge in [0, 0.05) is 31.6 Å². The Hall–Kier alpha value is -1.94. The van der Waals surface area contributed by atoms with Gasteiger partial charge in [-0.15, -0.1) is 0 Å². The molecule has 1 heterocycles. The lowest BCUT2D eigenvalue weighted by atomic mass is 10.00. The highest BCUT2D eigenvalue weighted by Crippen LogP contribution is 2.16. The number of ketones is 1. The van der Waals surface area contributed by atoms with Crippen molar-refractivity contribution in [2.45, 2.75) is 38.8 Å². The van der Waals surface area contributed by atoms with Gasteiger partial charge in [-0.05, 0) is 24.5 Å². The molecule has 4 nitrogen and oxygen atoms in total. The molecule has 0 aliphatic rings. The Labute approximate surface area is 119 Å². The summed E-state index contributed by atoms with van der Waals surface area (Å²) < 4.78 is 1.83. The van der Waals surface area contributed by atoms with Gasteiger partial charge in [0.2, 0.25) is 0 Å². The molecule has 0 spiro atoms. The van der Waals surface area contributed by atoms with E-state index in [1.54, 1.807) is 6.20 Å². The number of carbonyl (C=O) groups excluding carboxylic acids is 1. The monoisotopic (exact) mass is 271 g/mol. The van der Waals surface area contributed by atoms with E-state index in [9.17, 15) is 4.79 Å². The van der Waals surface area contributed by atoms with Crippen LogP contribution in [0.3, 0.4) is 0 Å². The van der Waals surface area contributed by atoms with Crippen LogP contribution in [0.15, 0.2) is 42.7 Å². The first-order valence-corrected chi connectivity index (χ1v) is 7.02. The van der Waals surface area contributed by atoms with Gasteiger partial charge < -0.3 is 5.73 Å². The Bertz CT molecular complexity index is 548. The van der Waals surface area contributed by atoms with Crippen LogP contribution < -0.4 is 5.73 Å². The first kappa shape index (κ1) is 14.5. The van der Waals surface area contributed by atoms with Gasteiger partial charge in [-0.3, -0.25) is 9.48 Å². The molecule has 1 atom stereocenters. The van der Waals surface area contributed by atoms with E-state index in [0.717, 1.165) is 17.7 Å². The maximum atomic E-state index is 12.0. The smallest absolute Gasteiger partial charge is 0.137 e. The Balaban J connectivity index is 1.80. The molecule has 20 heavy (non-hydrogen) atoms. The highest BCUT2D eigenvalue weighted by Gasteiger charge is 2.10. The molecule has 2 rings (SSSR count). The average molecular weight is 271 g/mol. The number of nitrogens with zero attached hydrogens (tertiary/aromatic N) is 2. The minimum atomic E-state index is -0.0708. The molecule has 1 aromatic heterocycles. The summed E-state index contributed by atoms with van der Waals surface area (Å²) in [6.45, 7) is 2.85. The van der Waals surface area contributed by atoms with Crippen molar-refractivity contribution in [3.8, 4) is 0 Å². The summed E-state index contributed by atoms with van der Waals surface area (Å²) in [5, 5.41) is 4.17. The number of aryl methyl sites for hydroxylation is 1. The van der Waals surface area contributed by atoms with Crippen molar-refractivity contribution in [2.24, 2.45) is 5.73 Å². The zero-order valence-corrected chi connectivity index (χ0v) is 11.8. The van der Waals surface area contributed by atoms with Crippen LogP contribution in [0.5, 0.6) is 0 Å². The van der Waals surface area contributed by atoms with E-state index in [2.05, 4.69) is 5.10 Å². The van der Waals surface area contributed by atoms with Crippen LogP contribution >= 0.6 is 0 Å². The van der Waals surface area contributed by atoms with Gasteiger partial charge in [0.15, 0.2) is 0 Å². The molecular formula is C16H21N3O. The lowest BCUT2D eigenvalue weighted by Crippen LogP contribution is -2.13. The Kier molecular flexibility index (Phi) is 5.07. The van der Waals surface area contributed by atoms with Gasteiger partial charge in [0.25, 0.3) is 0 Å². The van der Waals surface area contributed by atoms with Gasteiger partial charge in [-0.1, -0.05) is 30.3 Å². The molecular weight excluding hydrogens is 250 g/mol. The standard InChI is InChI=1S/C16H21N3O/c1-2-19-12-13(11-18-19)10-15(20)8-9-16(17)14-6-4-3-5-7-14/h3-7,11-12,16H,2,8-10,17H2,1H3. The van der Waals surface area contributed by atoms with Gasteiger partial charge in [-0.2, -0.15) is 5.10 Å². The first-order chi connectivity index (χ1) is 9.69. The van der Waals surface area contributed by atoms with E-state index in [4.69, 9.17) is 5.73 Å². The van der Waals surface area contributed by atoms with Crippen LogP contribution in [0.4, 0.5) is 0 Å². The van der Waals surface area contributed by atoms with Crippen molar-refractivity contribution in [3.05, 3.63) is 53.9 Å². The van der Waals surface area contributed by atoms with E-state index < -0.39 is 0 Å². The topological polar surface area (TPSA) is 60.9 Å². The van der Waals surface area contributed by atoms with Crippen LogP contribution in [0.2, 0.25) is 0 Å². The second-order valence-electron chi connectivity index (χ2n) is 4.98. The maximum absolute atomic E-state index is 12.0. The molecule has 106 valence electrons. The largest absolute Gasteiger partial charge is 0.324 e. The fourth-order valence-electron chi connectivity index (χ4n) is 2.17. The molecule has 1 aromatic carbocycles. The van der Waals surface area contributed by atoms with E-state index in [-0.39, 0.29) is 11.8 Å². The van der Waals surface area contributed by atoms with E-state index in [1.807, 2.05) is 48.1 Å². The second kappa shape index (κ2) is 7.01. The number of benzene rings is 1. The SMILES string of the molecule is CCn1cc(CC(=O)CCC(N)c2ccccc2)cn1. The number of hydrogen-bond acceptors (Lipinski definition) is 3. The third kappa shape index (κ3) is 4.03. The van der Waals surface area contributed by atoms with Crippen molar-refractivity contribution < 1.29 is 4.79 Å². The average Bonchev–Trinajstić information content (AvgIpc) is 2.93. The normalized spacial score (nSPS) is 12.3. The fraction of sp³-hybridized carbons (Fsp3) is 0.375. The molecule has 2 N–H and O–H groups in total. The minimum Gasteiger partial charge on any atom is -0.324 e. The first-order valence-electron chi connectivity index (χ1n) is 7.02. The van der Waals surface area contributed by atoms with Gasteiger partial charge >= 0.3 is 0 Å². The molecule has 1 unspecified atom stereocenters. The van der Waals surface area contributed by atoms with Gasteiger partial charge in [0.1, 0.15) is 5.78 Å². The summed E-state index contributed by atoms with van der Waals surface area (Å²) >= 11 is 0. The molecule has 0 aliphatic heterocycles. The Morgan fingerprint density at radius 1 is 1.35 bits per heavy atom. The number of carbonyl (C=O) groups is 1. The number of Topliss-reactive ketones (excluding diaryl/α,β-unsaturated/α-hetero) is 1. The quantitative estimate of drug-likeness (QED) is 0.841. The number of rotatable bonds is 7. The summed E-state index contributed by atoms with van der Waals surface area (Å²) in [6, 6.07) is 9.83. The van der Waals surface area contributed by atoms with Crippen molar-refractivity contribution in [1.82, 2.24) is 9.78 Å². The molecule has 0 amide bonds. The summed E-state index contributed by atoms with van der Waals surface area (Å²) in [7, 11) is 0. The predicted octanol–water partition coefficient (Wildman–Crippen LogP) is 2.49. The molecule has 0 aliphatic carbocycles. The zero-order chi connectivity index (χ0) is 14.4. The van der Waals surface area contributed by atoms with E-state index in [0.29, 0.717) is 19.3 Å². The van der Waals surface area contributed by atoms with Crippen molar-refractivity contribution in [3.63, 3.8) is 0 Å². The number of nitrogens with two attached hydrogens (primary N) is 1. The molecule has 0 radical (unpaired) electrons. The molecule has 0 fully saturated rings. The van der Waals surface area contributed by atoms with Crippen LogP contribution in [0.1, 0.15) is 36.9 Å². The molecule has 0 bridgehead atoms. The zero-order valence-electron chi connectivity index (χ0n) is 11.8. The third-order valence-corrected chi connectivity index (χ3v) is 3.37. The Morgan fingerprint density at radius 3 is 2.75 bits per heavy atom. The van der Waals surface area contributed by atoms with Gasteiger partial charge in [-0.25, -0.2) is 0 Å². The summed E-state index contributed by atoms with van der Waals surface area (Å²) in [4.78, 5) is 12.0. The molecule has 0 saturated heterocycles. The highest BCUT2D eigenvalue weighted by atomic mass is 16.1. The van der Waals surface area contributed by atoms with Crippen LogP contribution in [-0.2, 0) is 17.8 Å². The number of hydrogen-bond donors (Lipinski definition) is 1. The lowest BCUT2D eigenvalue weighted by Gasteiger charge is -2.10. The molecule has 4 heteroatoms. The second-order valence-corrected chi connectivity index (χ2v) is 4.98. The van der Waals surface area contributed by atoms with Crippen LogP contribution in [-0.4, -0.2) is 15.6 Å². The van der Waals surface area contributed by atoms with E-state index in [1.165, 1.54) is 0 Å². The van der Waals surface area contributed by atoms with Crippen LogP contribution in [0, 0.1) is 0 Å². The maximum Gasteiger partial charge on any atom is 0.137 e. The van der Waals surface area contributed by atoms with Crippen molar-refractivity contribution >= 4 is 5.78 Å². The fourth-order valence-corrected chi connectivity index (χ4v) is 2.17. The van der Waals surface area contributed by atoms with Gasteiger partial charge in [0.05, 0.1) is 6.20 Å². The van der Waals surface area contributed by atoms with Crippen molar-refractivity contribution in [1.29, 1.82) is 0 Å². The summed E-state index contributed by atoms with van der Waals surface area (Å²) in [5.41, 5.74) is 8.15. The van der Waals surface area contributed by atoms with Crippen LogP contribution in [0.25, 0.3) is 0 Å². The summed E-state index contributed by atoms with van der Waals surface area (Å²) in [6.07, 6.45) is 5.33. The minimum absolute atomic E-state index is 0.0708. The molecule has 0 saturated carbocycles.